The van der Waals surface area contributed by atoms with Gasteiger partial charge in [0.1, 0.15) is 12.4 Å². The van der Waals surface area contributed by atoms with E-state index in [1.807, 2.05) is 0 Å². The summed E-state index contributed by atoms with van der Waals surface area (Å²) >= 11 is 0. The number of hydrogen-bond acceptors (Lipinski definition) is 4. The third-order valence-corrected chi connectivity index (χ3v) is 2.83. The highest BCUT2D eigenvalue weighted by atomic mass is 19.1. The molecule has 5 nitrogen and oxygen atoms in total. The monoisotopic (exact) mass is 295 g/mol. The number of benzene rings is 2. The molecule has 0 saturated heterocycles. The molecule has 0 spiro atoms. The summed E-state index contributed by atoms with van der Waals surface area (Å²) in [6.07, 6.45) is 0. The van der Waals surface area contributed by atoms with Crippen LogP contribution in [0.25, 0.3) is 0 Å². The molecule has 21 heavy (non-hydrogen) atoms. The van der Waals surface area contributed by atoms with E-state index in [4.69, 9.17) is 9.84 Å². The molecule has 0 aromatic heterocycles. The van der Waals surface area contributed by atoms with Gasteiger partial charge in [0.05, 0.1) is 17.1 Å². The molecule has 0 unspecified atom stereocenters. The highest BCUT2D eigenvalue weighted by Gasteiger charge is 2.17. The van der Waals surface area contributed by atoms with Gasteiger partial charge < -0.3 is 9.84 Å². The van der Waals surface area contributed by atoms with E-state index in [2.05, 4.69) is 0 Å². The first-order valence-electron chi connectivity index (χ1n) is 5.96. The van der Waals surface area contributed by atoms with Crippen molar-refractivity contribution in [2.75, 3.05) is 0 Å². The van der Waals surface area contributed by atoms with Gasteiger partial charge in [0.15, 0.2) is 11.6 Å². The predicted octanol–water partition coefficient (Wildman–Crippen LogP) is 2.94. The minimum absolute atomic E-state index is 0.0212. The van der Waals surface area contributed by atoms with Crippen LogP contribution in [-0.2, 0) is 13.2 Å². The van der Waals surface area contributed by atoms with E-state index in [9.17, 15) is 18.9 Å². The molecule has 0 heterocycles. The van der Waals surface area contributed by atoms with E-state index >= 15 is 0 Å². The Morgan fingerprint density at radius 1 is 1.19 bits per heavy atom. The van der Waals surface area contributed by atoms with Crippen molar-refractivity contribution in [1.29, 1.82) is 0 Å². The van der Waals surface area contributed by atoms with Crippen LogP contribution in [-0.4, -0.2) is 10.0 Å². The van der Waals surface area contributed by atoms with Crippen LogP contribution in [0.4, 0.5) is 14.5 Å². The molecule has 0 aliphatic rings. The average molecular weight is 295 g/mol. The van der Waals surface area contributed by atoms with Crippen LogP contribution in [0.5, 0.6) is 5.75 Å². The molecular weight excluding hydrogens is 284 g/mol. The number of nitro groups is 1. The maximum absolute atomic E-state index is 13.6. The summed E-state index contributed by atoms with van der Waals surface area (Å²) in [5.74, 6) is -1.57. The van der Waals surface area contributed by atoms with E-state index in [-0.39, 0.29) is 29.2 Å². The number of aliphatic hydroxyl groups excluding tert-OH is 1. The van der Waals surface area contributed by atoms with Crippen molar-refractivity contribution < 1.29 is 23.5 Å². The maximum atomic E-state index is 13.6. The number of nitro benzene ring substituents is 1. The van der Waals surface area contributed by atoms with Gasteiger partial charge in [0.25, 0.3) is 5.69 Å². The Hall–Kier alpha value is -2.54. The van der Waals surface area contributed by atoms with E-state index in [1.54, 1.807) is 0 Å². The fraction of sp³-hybridized carbons (Fsp3) is 0.143. The second-order valence-electron chi connectivity index (χ2n) is 4.21. The fourth-order valence-electron chi connectivity index (χ4n) is 1.84. The molecule has 0 saturated carbocycles. The van der Waals surface area contributed by atoms with Crippen molar-refractivity contribution in [3.63, 3.8) is 0 Å². The van der Waals surface area contributed by atoms with E-state index < -0.39 is 23.2 Å². The Morgan fingerprint density at radius 3 is 2.62 bits per heavy atom. The summed E-state index contributed by atoms with van der Waals surface area (Å²) < 4.78 is 32.0. The first kappa shape index (κ1) is 14.9. The van der Waals surface area contributed by atoms with Crippen LogP contribution in [0.3, 0.4) is 0 Å². The Morgan fingerprint density at radius 2 is 1.95 bits per heavy atom. The molecule has 0 amide bonds. The van der Waals surface area contributed by atoms with Gasteiger partial charge in [-0.1, -0.05) is 12.1 Å². The molecule has 7 heteroatoms. The topological polar surface area (TPSA) is 72.6 Å². The van der Waals surface area contributed by atoms with Gasteiger partial charge in [-0.05, 0) is 18.2 Å². The fourth-order valence-corrected chi connectivity index (χ4v) is 1.84. The molecule has 0 fully saturated rings. The number of halogens is 2. The van der Waals surface area contributed by atoms with Crippen LogP contribution < -0.4 is 4.74 Å². The molecule has 110 valence electrons. The lowest BCUT2D eigenvalue weighted by Crippen LogP contribution is -2.04. The molecule has 0 aliphatic heterocycles. The molecule has 2 aromatic rings. The molecule has 2 aromatic carbocycles. The number of aliphatic hydroxyl groups is 1. The summed E-state index contributed by atoms with van der Waals surface area (Å²) in [4.78, 5) is 10.2. The van der Waals surface area contributed by atoms with Crippen molar-refractivity contribution >= 4 is 5.69 Å². The molecule has 0 radical (unpaired) electrons. The Labute approximate surface area is 118 Å². The first-order valence-corrected chi connectivity index (χ1v) is 5.96. The summed E-state index contributed by atoms with van der Waals surface area (Å²) in [6, 6.07) is 6.93. The number of nitrogens with zero attached hydrogens (tertiary/aromatic N) is 1. The van der Waals surface area contributed by atoms with Crippen molar-refractivity contribution in [2.24, 2.45) is 0 Å². The van der Waals surface area contributed by atoms with Crippen LogP contribution in [0.1, 0.15) is 11.1 Å². The third kappa shape index (κ3) is 3.32. The highest BCUT2D eigenvalue weighted by molar-refractivity contribution is 5.41. The van der Waals surface area contributed by atoms with Crippen LogP contribution >= 0.6 is 0 Å². The van der Waals surface area contributed by atoms with Crippen LogP contribution in [0, 0.1) is 21.7 Å². The zero-order valence-electron chi connectivity index (χ0n) is 10.8. The molecular formula is C14H11F2NO4. The first-order chi connectivity index (χ1) is 10.0. The van der Waals surface area contributed by atoms with Crippen molar-refractivity contribution in [3.8, 4) is 5.75 Å². The third-order valence-electron chi connectivity index (χ3n) is 2.83. The quantitative estimate of drug-likeness (QED) is 0.680. The number of ether oxygens (including phenoxy) is 1. The molecule has 1 N–H and O–H groups in total. The average Bonchev–Trinajstić information content (AvgIpc) is 2.45. The minimum atomic E-state index is -0.708. The van der Waals surface area contributed by atoms with Crippen molar-refractivity contribution in [3.05, 3.63) is 69.3 Å². The minimum Gasteiger partial charge on any atom is -0.485 e. The standard InChI is InChI=1S/C14H11F2NO4/c15-11-4-5-13(17(19)20)10(6-11)8-21-14-9(7-18)2-1-3-12(14)16/h1-6,18H,7-8H2. The van der Waals surface area contributed by atoms with E-state index in [0.29, 0.717) is 0 Å². The van der Waals surface area contributed by atoms with E-state index in [1.165, 1.54) is 12.1 Å². The summed E-state index contributed by atoms with van der Waals surface area (Å²) in [6.45, 7) is -0.833. The van der Waals surface area contributed by atoms with Gasteiger partial charge in [-0.25, -0.2) is 8.78 Å². The van der Waals surface area contributed by atoms with E-state index in [0.717, 1.165) is 24.3 Å². The predicted molar refractivity (Wildman–Crippen MR) is 69.7 cm³/mol. The Balaban J connectivity index is 2.28. The molecule has 2 rings (SSSR count). The molecule has 0 aliphatic carbocycles. The summed E-state index contributed by atoms with van der Waals surface area (Å²) in [5, 5.41) is 20.0. The molecule has 0 atom stereocenters. The highest BCUT2D eigenvalue weighted by Crippen LogP contribution is 2.26. The van der Waals surface area contributed by atoms with Gasteiger partial charge in [0, 0.05) is 11.6 Å². The SMILES string of the molecule is O=[N+]([O-])c1ccc(F)cc1COc1c(F)cccc1CO. The van der Waals surface area contributed by atoms with Crippen molar-refractivity contribution in [1.82, 2.24) is 0 Å². The van der Waals surface area contributed by atoms with Gasteiger partial charge in [-0.2, -0.15) is 0 Å². The van der Waals surface area contributed by atoms with Crippen LogP contribution in [0.2, 0.25) is 0 Å². The Kier molecular flexibility index (Phi) is 4.44. The van der Waals surface area contributed by atoms with Crippen molar-refractivity contribution in [2.45, 2.75) is 13.2 Å². The number of para-hydroxylation sites is 1. The number of rotatable bonds is 5. The van der Waals surface area contributed by atoms with Gasteiger partial charge >= 0.3 is 0 Å². The van der Waals surface area contributed by atoms with Crippen LogP contribution in [0.15, 0.2) is 36.4 Å². The van der Waals surface area contributed by atoms with Gasteiger partial charge in [-0.3, -0.25) is 10.1 Å². The lowest BCUT2D eigenvalue weighted by atomic mass is 10.1. The van der Waals surface area contributed by atoms with Gasteiger partial charge in [0.2, 0.25) is 0 Å². The second-order valence-corrected chi connectivity index (χ2v) is 4.21. The normalized spacial score (nSPS) is 10.4. The molecule has 0 bridgehead atoms. The number of hydrogen-bond donors (Lipinski definition) is 1. The smallest absolute Gasteiger partial charge is 0.276 e. The zero-order chi connectivity index (χ0) is 15.4. The summed E-state index contributed by atoms with van der Waals surface area (Å²) in [5.41, 5.74) is -0.139. The lowest BCUT2D eigenvalue weighted by Gasteiger charge is -2.11. The second kappa shape index (κ2) is 6.27. The lowest BCUT2D eigenvalue weighted by molar-refractivity contribution is -0.385. The maximum Gasteiger partial charge on any atom is 0.276 e. The summed E-state index contributed by atoms with van der Waals surface area (Å²) in [7, 11) is 0. The Bertz CT molecular complexity index is 676. The van der Waals surface area contributed by atoms with Gasteiger partial charge in [-0.15, -0.1) is 0 Å². The largest absolute Gasteiger partial charge is 0.485 e. The zero-order valence-corrected chi connectivity index (χ0v) is 10.8.